The molecule has 1 fully saturated rings. The topological polar surface area (TPSA) is 37.2 Å². The van der Waals surface area contributed by atoms with E-state index in [-0.39, 0.29) is 0 Å². The van der Waals surface area contributed by atoms with Crippen molar-refractivity contribution in [2.45, 2.75) is 6.54 Å². The van der Waals surface area contributed by atoms with E-state index in [0.29, 0.717) is 0 Å². The van der Waals surface area contributed by atoms with E-state index in [0.717, 1.165) is 43.6 Å². The zero-order valence-corrected chi connectivity index (χ0v) is 12.3. The van der Waals surface area contributed by atoms with E-state index >= 15 is 0 Å². The average molecular weight is 292 g/mol. The molecule has 1 aliphatic heterocycles. The number of nitrogens with zero attached hydrogens (tertiary/aromatic N) is 5. The Morgan fingerprint density at radius 1 is 1.20 bits per heavy atom. The summed E-state index contributed by atoms with van der Waals surface area (Å²) in [4.78, 5) is 4.78. The van der Waals surface area contributed by atoms with Crippen LogP contribution in [0.4, 0.5) is 5.69 Å². The van der Waals surface area contributed by atoms with Crippen molar-refractivity contribution in [2.75, 3.05) is 31.1 Å². The summed E-state index contributed by atoms with van der Waals surface area (Å²) in [6, 6.07) is 8.06. The number of hydrogen-bond donors (Lipinski definition) is 0. The van der Waals surface area contributed by atoms with Crippen molar-refractivity contribution in [3.8, 4) is 0 Å². The first-order valence-corrected chi connectivity index (χ1v) is 7.16. The number of anilines is 1. The van der Waals surface area contributed by atoms with Crippen LogP contribution in [0.15, 0.2) is 30.6 Å². The second-order valence-electron chi connectivity index (χ2n) is 5.10. The maximum atomic E-state index is 6.05. The summed E-state index contributed by atoms with van der Waals surface area (Å²) in [6.45, 7) is 4.94. The van der Waals surface area contributed by atoms with E-state index in [1.165, 1.54) is 5.69 Å². The molecule has 0 amide bonds. The normalized spacial score (nSPS) is 16.6. The van der Waals surface area contributed by atoms with Crippen LogP contribution < -0.4 is 4.90 Å². The Hall–Kier alpha value is -1.59. The molecule has 20 heavy (non-hydrogen) atoms. The van der Waals surface area contributed by atoms with Gasteiger partial charge in [-0.1, -0.05) is 17.7 Å². The predicted molar refractivity (Wildman–Crippen MR) is 79.9 cm³/mol. The Kier molecular flexibility index (Phi) is 3.89. The fraction of sp³-hybridized carbons (Fsp3) is 0.429. The molecule has 0 bridgehead atoms. The molecule has 0 aliphatic carbocycles. The Morgan fingerprint density at radius 3 is 2.65 bits per heavy atom. The van der Waals surface area contributed by atoms with Crippen molar-refractivity contribution in [1.29, 1.82) is 0 Å². The summed E-state index contributed by atoms with van der Waals surface area (Å²) in [6.07, 6.45) is 1.75. The van der Waals surface area contributed by atoms with Gasteiger partial charge in [-0.25, -0.2) is 0 Å². The first-order chi connectivity index (χ1) is 9.72. The van der Waals surface area contributed by atoms with E-state index in [1.807, 2.05) is 29.8 Å². The first-order valence-electron chi connectivity index (χ1n) is 6.78. The standard InChI is InChI=1S/C14H18ClN5/c1-18-11-16-17-14(18)10-19-5-7-20(8-6-19)13-4-2-3-12(15)9-13/h2-4,9,11H,5-8,10H2,1H3. The molecule has 0 unspecified atom stereocenters. The highest BCUT2D eigenvalue weighted by molar-refractivity contribution is 6.30. The van der Waals surface area contributed by atoms with Gasteiger partial charge in [-0.2, -0.15) is 0 Å². The molecular formula is C14H18ClN5. The third-order valence-corrected chi connectivity index (χ3v) is 3.95. The average Bonchev–Trinajstić information content (AvgIpc) is 2.85. The SMILES string of the molecule is Cn1cnnc1CN1CCN(c2cccc(Cl)c2)CC1. The largest absolute Gasteiger partial charge is 0.369 e. The number of benzene rings is 1. The molecule has 5 nitrogen and oxygen atoms in total. The zero-order valence-electron chi connectivity index (χ0n) is 11.5. The molecule has 0 N–H and O–H groups in total. The second-order valence-corrected chi connectivity index (χ2v) is 5.54. The molecule has 0 atom stereocenters. The van der Waals surface area contributed by atoms with Crippen molar-refractivity contribution < 1.29 is 0 Å². The molecule has 2 heterocycles. The highest BCUT2D eigenvalue weighted by atomic mass is 35.5. The maximum Gasteiger partial charge on any atom is 0.146 e. The van der Waals surface area contributed by atoms with Gasteiger partial charge in [-0.15, -0.1) is 10.2 Å². The van der Waals surface area contributed by atoms with E-state index in [1.54, 1.807) is 6.33 Å². The Labute approximate surface area is 123 Å². The van der Waals surface area contributed by atoms with Crippen molar-refractivity contribution in [1.82, 2.24) is 19.7 Å². The Morgan fingerprint density at radius 2 is 2.00 bits per heavy atom. The van der Waals surface area contributed by atoms with Crippen molar-refractivity contribution in [2.24, 2.45) is 7.05 Å². The van der Waals surface area contributed by atoms with Crippen LogP contribution in [0.2, 0.25) is 5.02 Å². The molecular weight excluding hydrogens is 274 g/mol. The zero-order chi connectivity index (χ0) is 13.9. The summed E-state index contributed by atoms with van der Waals surface area (Å²) < 4.78 is 1.98. The highest BCUT2D eigenvalue weighted by Crippen LogP contribution is 2.21. The molecule has 1 saturated heterocycles. The third kappa shape index (κ3) is 2.94. The molecule has 1 aromatic heterocycles. The lowest BCUT2D eigenvalue weighted by Gasteiger charge is -2.35. The molecule has 1 aliphatic rings. The van der Waals surface area contributed by atoms with Crippen LogP contribution >= 0.6 is 11.6 Å². The summed E-state index contributed by atoms with van der Waals surface area (Å²) in [7, 11) is 1.98. The van der Waals surface area contributed by atoms with Crippen LogP contribution in [0.25, 0.3) is 0 Å². The quantitative estimate of drug-likeness (QED) is 0.864. The van der Waals surface area contributed by atoms with Gasteiger partial charge in [-0.05, 0) is 18.2 Å². The first kappa shape index (κ1) is 13.4. The summed E-state index contributed by atoms with van der Waals surface area (Å²) in [5.74, 6) is 1.02. The third-order valence-electron chi connectivity index (χ3n) is 3.72. The van der Waals surface area contributed by atoms with E-state index < -0.39 is 0 Å². The van der Waals surface area contributed by atoms with Crippen molar-refractivity contribution >= 4 is 17.3 Å². The fourth-order valence-electron chi connectivity index (χ4n) is 2.49. The monoisotopic (exact) mass is 291 g/mol. The summed E-state index contributed by atoms with van der Waals surface area (Å²) in [5, 5.41) is 8.85. The number of rotatable bonds is 3. The van der Waals surface area contributed by atoms with Gasteiger partial charge in [0.2, 0.25) is 0 Å². The maximum absolute atomic E-state index is 6.05. The van der Waals surface area contributed by atoms with E-state index in [4.69, 9.17) is 11.6 Å². The molecule has 0 saturated carbocycles. The minimum atomic E-state index is 0.795. The van der Waals surface area contributed by atoms with E-state index in [2.05, 4.69) is 26.1 Å². The predicted octanol–water partition coefficient (Wildman–Crippen LogP) is 1.79. The molecule has 2 aromatic rings. The van der Waals surface area contributed by atoms with Gasteiger partial charge < -0.3 is 9.47 Å². The van der Waals surface area contributed by atoms with Gasteiger partial charge in [0.05, 0.1) is 6.54 Å². The molecule has 3 rings (SSSR count). The fourth-order valence-corrected chi connectivity index (χ4v) is 2.67. The number of piperazine rings is 1. The van der Waals surface area contributed by atoms with Gasteiger partial charge in [0, 0.05) is 43.9 Å². The molecule has 106 valence electrons. The Bertz CT molecular complexity index is 574. The van der Waals surface area contributed by atoms with Crippen LogP contribution in [0.5, 0.6) is 0 Å². The van der Waals surface area contributed by atoms with Crippen LogP contribution in [0.3, 0.4) is 0 Å². The van der Waals surface area contributed by atoms with Gasteiger partial charge in [0.15, 0.2) is 0 Å². The summed E-state index contributed by atoms with van der Waals surface area (Å²) in [5.41, 5.74) is 1.20. The minimum Gasteiger partial charge on any atom is -0.369 e. The lowest BCUT2D eigenvalue weighted by molar-refractivity contribution is 0.241. The van der Waals surface area contributed by atoms with Gasteiger partial charge in [0.1, 0.15) is 12.2 Å². The molecule has 0 spiro atoms. The van der Waals surface area contributed by atoms with Crippen LogP contribution in [-0.2, 0) is 13.6 Å². The number of hydrogen-bond acceptors (Lipinski definition) is 4. The second kappa shape index (κ2) is 5.81. The van der Waals surface area contributed by atoms with Crippen LogP contribution in [0.1, 0.15) is 5.82 Å². The summed E-state index contributed by atoms with van der Waals surface area (Å²) >= 11 is 6.05. The lowest BCUT2D eigenvalue weighted by Crippen LogP contribution is -2.46. The van der Waals surface area contributed by atoms with E-state index in [9.17, 15) is 0 Å². The molecule has 6 heteroatoms. The van der Waals surface area contributed by atoms with Crippen LogP contribution in [0, 0.1) is 0 Å². The number of halogens is 1. The number of aromatic nitrogens is 3. The smallest absolute Gasteiger partial charge is 0.146 e. The van der Waals surface area contributed by atoms with Crippen LogP contribution in [-0.4, -0.2) is 45.8 Å². The van der Waals surface area contributed by atoms with Crippen molar-refractivity contribution in [3.05, 3.63) is 41.4 Å². The lowest BCUT2D eigenvalue weighted by atomic mass is 10.2. The van der Waals surface area contributed by atoms with Gasteiger partial charge >= 0.3 is 0 Å². The molecule has 0 radical (unpaired) electrons. The van der Waals surface area contributed by atoms with Gasteiger partial charge in [0.25, 0.3) is 0 Å². The minimum absolute atomic E-state index is 0.795. The van der Waals surface area contributed by atoms with Crippen molar-refractivity contribution in [3.63, 3.8) is 0 Å². The Balaban J connectivity index is 1.58. The van der Waals surface area contributed by atoms with Gasteiger partial charge in [-0.3, -0.25) is 4.90 Å². The highest BCUT2D eigenvalue weighted by Gasteiger charge is 2.18. The number of aryl methyl sites for hydroxylation is 1. The molecule has 1 aromatic carbocycles.